The number of aromatic nitrogens is 1. The Bertz CT molecular complexity index is 817. The highest BCUT2D eigenvalue weighted by Crippen LogP contribution is 2.40. The Labute approximate surface area is 137 Å². The molecule has 2 aromatic carbocycles. The second-order valence-corrected chi connectivity index (χ2v) is 6.09. The van der Waals surface area contributed by atoms with Crippen LogP contribution in [0.3, 0.4) is 0 Å². The lowest BCUT2D eigenvalue weighted by atomic mass is 10.0. The van der Waals surface area contributed by atoms with E-state index in [4.69, 9.17) is 10.3 Å². The lowest BCUT2D eigenvalue weighted by molar-refractivity contribution is 0.436. The summed E-state index contributed by atoms with van der Waals surface area (Å²) in [6, 6.07) is 12.3. The molecule has 6 heteroatoms. The average molecular weight is 412 g/mol. The minimum absolute atomic E-state index is 0.264. The maximum absolute atomic E-state index is 13.7. The summed E-state index contributed by atoms with van der Waals surface area (Å²) in [5.41, 5.74) is 7.98. The molecule has 0 fully saturated rings. The molecule has 3 nitrogen and oxygen atoms in total. The number of benzene rings is 2. The van der Waals surface area contributed by atoms with Crippen molar-refractivity contribution in [1.82, 2.24) is 5.16 Å². The zero-order valence-electron chi connectivity index (χ0n) is 10.6. The first kappa shape index (κ1) is 14.3. The Kier molecular flexibility index (Phi) is 3.82. The van der Waals surface area contributed by atoms with Gasteiger partial charge in [0.25, 0.3) is 0 Å². The van der Waals surface area contributed by atoms with Crippen LogP contribution < -0.4 is 5.73 Å². The number of nitrogens with two attached hydrogens (primary N) is 1. The summed E-state index contributed by atoms with van der Waals surface area (Å²) in [4.78, 5) is 0. The van der Waals surface area contributed by atoms with Gasteiger partial charge in [-0.2, -0.15) is 0 Å². The lowest BCUT2D eigenvalue weighted by Gasteiger charge is -2.05. The molecule has 0 bridgehead atoms. The van der Waals surface area contributed by atoms with Crippen LogP contribution in [-0.2, 0) is 0 Å². The Hall–Kier alpha value is -1.66. The summed E-state index contributed by atoms with van der Waals surface area (Å²) in [6.45, 7) is 0. The lowest BCUT2D eigenvalue weighted by Crippen LogP contribution is -1.90. The minimum atomic E-state index is -0.374. The fraction of sp³-hybridized carbons (Fsp3) is 0. The summed E-state index contributed by atoms with van der Waals surface area (Å²) in [6.07, 6.45) is 0. The first-order valence-electron chi connectivity index (χ1n) is 6.03. The third-order valence-electron chi connectivity index (χ3n) is 3.04. The molecule has 0 saturated carbocycles. The van der Waals surface area contributed by atoms with E-state index in [0.717, 1.165) is 10.0 Å². The van der Waals surface area contributed by atoms with Crippen LogP contribution in [0.5, 0.6) is 0 Å². The maximum Gasteiger partial charge on any atom is 0.177 e. The van der Waals surface area contributed by atoms with Crippen LogP contribution in [-0.4, -0.2) is 5.16 Å². The molecule has 2 N–H and O–H groups in total. The monoisotopic (exact) mass is 410 g/mol. The smallest absolute Gasteiger partial charge is 0.177 e. The predicted octanol–water partition coefficient (Wildman–Crippen LogP) is 5.25. The number of anilines is 1. The molecule has 1 aromatic heterocycles. The van der Waals surface area contributed by atoms with Gasteiger partial charge in [-0.15, -0.1) is 0 Å². The predicted molar refractivity (Wildman–Crippen MR) is 87.1 cm³/mol. The quantitative estimate of drug-likeness (QED) is 0.626. The molecule has 0 aliphatic rings. The molecule has 21 heavy (non-hydrogen) atoms. The van der Waals surface area contributed by atoms with Gasteiger partial charge in [0.05, 0.1) is 10.0 Å². The summed E-state index contributed by atoms with van der Waals surface area (Å²) in [5.74, 6) is 0.326. The molecule has 0 amide bonds. The highest BCUT2D eigenvalue weighted by molar-refractivity contribution is 9.10. The highest BCUT2D eigenvalue weighted by Gasteiger charge is 2.20. The summed E-state index contributed by atoms with van der Waals surface area (Å²) in [7, 11) is 0. The highest BCUT2D eigenvalue weighted by atomic mass is 79.9. The fourth-order valence-electron chi connectivity index (χ4n) is 2.06. The van der Waals surface area contributed by atoms with Crippen molar-refractivity contribution in [2.24, 2.45) is 0 Å². The number of hydrogen-bond donors (Lipinski definition) is 1. The standard InChI is InChI=1S/C15H9Br2FN2O/c16-10-4-2-1-3-9(10)13-14(21-20-15(13)19)8-5-6-11(17)12(18)7-8/h1-7H,(H2,19,20). The molecule has 1 heterocycles. The van der Waals surface area contributed by atoms with Gasteiger partial charge < -0.3 is 10.3 Å². The largest absolute Gasteiger partial charge is 0.380 e. The fourth-order valence-corrected chi connectivity index (χ4v) is 2.79. The van der Waals surface area contributed by atoms with Crippen molar-refractivity contribution in [2.75, 3.05) is 5.73 Å². The van der Waals surface area contributed by atoms with Gasteiger partial charge in [0.2, 0.25) is 0 Å². The van der Waals surface area contributed by atoms with E-state index >= 15 is 0 Å². The molecule has 3 rings (SSSR count). The van der Waals surface area contributed by atoms with Crippen molar-refractivity contribution in [2.45, 2.75) is 0 Å². The van der Waals surface area contributed by atoms with E-state index in [-0.39, 0.29) is 11.6 Å². The number of nitrogens with zero attached hydrogens (tertiary/aromatic N) is 1. The van der Waals surface area contributed by atoms with E-state index in [2.05, 4.69) is 37.0 Å². The molecule has 0 aliphatic heterocycles. The van der Waals surface area contributed by atoms with Gasteiger partial charge in [0.15, 0.2) is 11.6 Å². The van der Waals surface area contributed by atoms with E-state index in [1.165, 1.54) is 6.07 Å². The summed E-state index contributed by atoms with van der Waals surface area (Å²) >= 11 is 6.61. The molecule has 0 radical (unpaired) electrons. The van der Waals surface area contributed by atoms with E-state index in [9.17, 15) is 4.39 Å². The molecular formula is C15H9Br2FN2O. The van der Waals surface area contributed by atoms with Crippen LogP contribution in [0.15, 0.2) is 55.9 Å². The van der Waals surface area contributed by atoms with Crippen LogP contribution in [0.25, 0.3) is 22.5 Å². The Morgan fingerprint density at radius 1 is 1.05 bits per heavy atom. The van der Waals surface area contributed by atoms with Crippen molar-refractivity contribution in [3.63, 3.8) is 0 Å². The van der Waals surface area contributed by atoms with Crippen molar-refractivity contribution in [3.8, 4) is 22.5 Å². The number of rotatable bonds is 2. The number of halogens is 3. The SMILES string of the molecule is Nc1noc(-c2ccc(Br)c(F)c2)c1-c1ccccc1Br. The molecule has 0 aliphatic carbocycles. The zero-order chi connectivity index (χ0) is 15.0. The zero-order valence-corrected chi connectivity index (χ0v) is 13.8. The van der Waals surface area contributed by atoms with Crippen LogP contribution in [0.1, 0.15) is 0 Å². The van der Waals surface area contributed by atoms with Crippen molar-refractivity contribution in [1.29, 1.82) is 0 Å². The molecule has 0 spiro atoms. The van der Waals surface area contributed by atoms with Crippen LogP contribution in [0.2, 0.25) is 0 Å². The van der Waals surface area contributed by atoms with Crippen LogP contribution >= 0.6 is 31.9 Å². The minimum Gasteiger partial charge on any atom is -0.380 e. The Morgan fingerprint density at radius 2 is 1.81 bits per heavy atom. The van der Waals surface area contributed by atoms with Crippen molar-refractivity contribution < 1.29 is 8.91 Å². The second kappa shape index (κ2) is 5.61. The van der Waals surface area contributed by atoms with Crippen LogP contribution in [0, 0.1) is 5.82 Å². The van der Waals surface area contributed by atoms with E-state index < -0.39 is 0 Å². The molecule has 0 unspecified atom stereocenters. The van der Waals surface area contributed by atoms with Gasteiger partial charge in [0.1, 0.15) is 5.82 Å². The van der Waals surface area contributed by atoms with Gasteiger partial charge in [-0.1, -0.05) is 39.3 Å². The Morgan fingerprint density at radius 3 is 2.52 bits per heavy atom. The molecule has 106 valence electrons. The third-order valence-corrected chi connectivity index (χ3v) is 4.38. The summed E-state index contributed by atoms with van der Waals surface area (Å²) < 4.78 is 20.3. The summed E-state index contributed by atoms with van der Waals surface area (Å²) in [5, 5.41) is 3.81. The maximum atomic E-state index is 13.7. The third kappa shape index (κ3) is 2.61. The molecule has 0 saturated heterocycles. The van der Waals surface area contributed by atoms with Gasteiger partial charge >= 0.3 is 0 Å². The first-order valence-corrected chi connectivity index (χ1v) is 7.62. The van der Waals surface area contributed by atoms with Gasteiger partial charge in [-0.3, -0.25) is 0 Å². The average Bonchev–Trinajstić information content (AvgIpc) is 2.84. The van der Waals surface area contributed by atoms with Gasteiger partial charge in [0, 0.05) is 15.6 Å². The molecule has 0 atom stereocenters. The van der Waals surface area contributed by atoms with E-state index in [0.29, 0.717) is 21.4 Å². The van der Waals surface area contributed by atoms with E-state index in [1.54, 1.807) is 12.1 Å². The van der Waals surface area contributed by atoms with E-state index in [1.807, 2.05) is 24.3 Å². The van der Waals surface area contributed by atoms with Gasteiger partial charge in [-0.05, 0) is 40.2 Å². The molecule has 3 aromatic rings. The normalized spacial score (nSPS) is 10.8. The van der Waals surface area contributed by atoms with Crippen LogP contribution in [0.4, 0.5) is 10.2 Å². The first-order chi connectivity index (χ1) is 10.1. The second-order valence-electron chi connectivity index (χ2n) is 4.38. The topological polar surface area (TPSA) is 52.0 Å². The van der Waals surface area contributed by atoms with Crippen molar-refractivity contribution in [3.05, 3.63) is 57.2 Å². The Balaban J connectivity index is 2.22. The number of hydrogen-bond acceptors (Lipinski definition) is 3. The van der Waals surface area contributed by atoms with Gasteiger partial charge in [-0.25, -0.2) is 4.39 Å². The molecular weight excluding hydrogens is 403 g/mol. The van der Waals surface area contributed by atoms with Crippen molar-refractivity contribution >= 4 is 37.7 Å². The number of nitrogen functional groups attached to an aromatic ring is 1.